The second-order valence-electron chi connectivity index (χ2n) is 9.70. The van der Waals surface area contributed by atoms with Crippen LogP contribution in [0.15, 0.2) is 25.3 Å². The first-order valence-electron chi connectivity index (χ1n) is 12.6. The minimum Gasteiger partial charge on any atom is -0.387 e. The van der Waals surface area contributed by atoms with Crippen LogP contribution < -0.4 is 11.5 Å². The van der Waals surface area contributed by atoms with Crippen molar-refractivity contribution in [3.63, 3.8) is 0 Å². The van der Waals surface area contributed by atoms with E-state index in [0.29, 0.717) is 0 Å². The van der Waals surface area contributed by atoms with Gasteiger partial charge in [0.25, 0.3) is 0 Å². The molecule has 0 radical (unpaired) electrons. The molecule has 3 saturated heterocycles. The van der Waals surface area contributed by atoms with Crippen molar-refractivity contribution in [1.29, 1.82) is 0 Å². The van der Waals surface area contributed by atoms with Crippen LogP contribution in [0.3, 0.4) is 0 Å². The molecular formula is C20H23N10O10P2S+. The summed E-state index contributed by atoms with van der Waals surface area (Å²) in [5.41, 5.74) is 12.8. The van der Waals surface area contributed by atoms with Gasteiger partial charge in [-0.15, -0.1) is 9.05 Å². The van der Waals surface area contributed by atoms with Crippen molar-refractivity contribution in [2.24, 2.45) is 0 Å². The molecule has 2 bridgehead atoms. The lowest BCUT2D eigenvalue weighted by atomic mass is 10.1. The highest BCUT2D eigenvalue weighted by atomic mass is 32.5. The normalized spacial score (nSPS) is 36.3. The maximum atomic E-state index is 12.9. The van der Waals surface area contributed by atoms with E-state index in [1.807, 2.05) is 0 Å². The van der Waals surface area contributed by atoms with Crippen molar-refractivity contribution in [1.82, 2.24) is 39.0 Å². The smallest absolute Gasteiger partial charge is 0.387 e. The molecule has 4 aromatic rings. The number of ether oxygens (including phenoxy) is 2. The molecule has 0 aliphatic carbocycles. The van der Waals surface area contributed by atoms with E-state index in [9.17, 15) is 19.7 Å². The van der Waals surface area contributed by atoms with Crippen LogP contribution >= 0.6 is 15.0 Å². The van der Waals surface area contributed by atoms with E-state index in [1.165, 1.54) is 34.4 Å². The maximum absolute atomic E-state index is 12.9. The predicted octanol–water partition coefficient (Wildman–Crippen LogP) is -0.961. The molecule has 0 spiro atoms. The first-order chi connectivity index (χ1) is 20.6. The quantitative estimate of drug-likeness (QED) is 0.162. The average Bonchev–Trinajstić information content (AvgIpc) is 3.73. The summed E-state index contributed by atoms with van der Waals surface area (Å²) in [4.78, 5) is 35.5. The van der Waals surface area contributed by atoms with E-state index in [-0.39, 0.29) is 34.0 Å². The van der Waals surface area contributed by atoms with E-state index in [1.54, 1.807) is 0 Å². The molecule has 0 amide bonds. The van der Waals surface area contributed by atoms with Gasteiger partial charge < -0.3 is 40.6 Å². The Hall–Kier alpha value is -2.91. The van der Waals surface area contributed by atoms with Gasteiger partial charge in [0, 0.05) is 4.57 Å². The summed E-state index contributed by atoms with van der Waals surface area (Å²) in [6.45, 7) is -5.06. The van der Waals surface area contributed by atoms with Crippen molar-refractivity contribution in [3.05, 3.63) is 25.3 Å². The second kappa shape index (κ2) is 10.9. The zero-order valence-corrected chi connectivity index (χ0v) is 24.2. The summed E-state index contributed by atoms with van der Waals surface area (Å²) in [6.07, 6.45) is -4.94. The Labute approximate surface area is 246 Å². The van der Waals surface area contributed by atoms with E-state index in [2.05, 4.69) is 29.9 Å². The molecule has 23 heteroatoms. The molecule has 4 aromatic heterocycles. The molecular weight excluding hydrogens is 634 g/mol. The van der Waals surface area contributed by atoms with Gasteiger partial charge in [0.1, 0.15) is 60.8 Å². The summed E-state index contributed by atoms with van der Waals surface area (Å²) in [7, 11) is -2.90. The molecule has 0 saturated carbocycles. The Morgan fingerprint density at radius 2 is 1.47 bits per heavy atom. The molecule has 3 fully saturated rings. The van der Waals surface area contributed by atoms with Crippen LogP contribution in [0.1, 0.15) is 12.5 Å². The van der Waals surface area contributed by atoms with Crippen molar-refractivity contribution < 1.29 is 47.2 Å². The highest BCUT2D eigenvalue weighted by Crippen LogP contribution is 2.51. The van der Waals surface area contributed by atoms with Gasteiger partial charge in [0.2, 0.25) is 0 Å². The predicted molar refractivity (Wildman–Crippen MR) is 145 cm³/mol. The van der Waals surface area contributed by atoms with E-state index < -0.39 is 77.3 Å². The van der Waals surface area contributed by atoms with E-state index >= 15 is 0 Å². The third kappa shape index (κ3) is 5.06. The fourth-order valence-corrected chi connectivity index (χ4v) is 7.34. The molecule has 7 rings (SSSR count). The Kier molecular flexibility index (Phi) is 7.32. The van der Waals surface area contributed by atoms with Gasteiger partial charge in [0.15, 0.2) is 41.5 Å². The number of anilines is 2. The summed E-state index contributed by atoms with van der Waals surface area (Å²) < 4.78 is 50.0. The Balaban J connectivity index is 1.18. The number of nitrogens with two attached hydrogens (primary N) is 2. The van der Waals surface area contributed by atoms with Crippen molar-refractivity contribution >= 4 is 60.7 Å². The molecule has 43 heavy (non-hydrogen) atoms. The number of nitrogens with zero attached hydrogens (tertiary/aromatic N) is 8. The number of aliphatic hydroxyl groups excluding tert-OH is 2. The average molecular weight is 657 g/mol. The molecule has 0 aromatic carbocycles. The van der Waals surface area contributed by atoms with Gasteiger partial charge in [-0.2, -0.15) is 0 Å². The fraction of sp³-hybridized carbons (Fsp3) is 0.500. The lowest BCUT2D eigenvalue weighted by molar-refractivity contribution is -0.0591. The Bertz CT molecular complexity index is 1760. The van der Waals surface area contributed by atoms with Crippen molar-refractivity contribution in [2.75, 3.05) is 24.7 Å². The van der Waals surface area contributed by atoms with Gasteiger partial charge in [-0.25, -0.2) is 29.9 Å². The van der Waals surface area contributed by atoms with Gasteiger partial charge in [0.05, 0.1) is 19.3 Å². The number of hydrogen-bond acceptors (Lipinski definition) is 18. The van der Waals surface area contributed by atoms with Gasteiger partial charge in [-0.3, -0.25) is 13.7 Å². The highest BCUT2D eigenvalue weighted by molar-refractivity contribution is 8.07. The van der Waals surface area contributed by atoms with Gasteiger partial charge >= 0.3 is 15.0 Å². The second-order valence-corrected chi connectivity index (χ2v) is 13.4. The van der Waals surface area contributed by atoms with Gasteiger partial charge in [-0.1, -0.05) is 0 Å². The monoisotopic (exact) mass is 657 g/mol. The summed E-state index contributed by atoms with van der Waals surface area (Å²) in [5.74, 6) is 0.225. The number of nitrogen functional groups attached to an aromatic ring is 2. The zero-order valence-electron chi connectivity index (χ0n) is 21.6. The number of aliphatic hydroxyl groups is 2. The molecule has 10 atom stereocenters. The Morgan fingerprint density at radius 3 is 2.12 bits per heavy atom. The third-order valence-corrected chi connectivity index (χ3v) is 9.49. The molecule has 7 heterocycles. The maximum Gasteiger partial charge on any atom is 0.697 e. The van der Waals surface area contributed by atoms with Gasteiger partial charge in [-0.05, 0) is 11.8 Å². The number of aromatic nitrogens is 8. The van der Waals surface area contributed by atoms with Crippen LogP contribution in [0.4, 0.5) is 11.6 Å². The lowest BCUT2D eigenvalue weighted by Crippen LogP contribution is -2.35. The van der Waals surface area contributed by atoms with Crippen molar-refractivity contribution in [3.8, 4) is 0 Å². The lowest BCUT2D eigenvalue weighted by Gasteiger charge is -2.26. The first kappa shape index (κ1) is 28.8. The van der Waals surface area contributed by atoms with Crippen LogP contribution in [0.2, 0.25) is 0 Å². The van der Waals surface area contributed by atoms with Crippen LogP contribution in [-0.2, 0) is 43.9 Å². The summed E-state index contributed by atoms with van der Waals surface area (Å²) in [6, 6.07) is 0. The third-order valence-electron chi connectivity index (χ3n) is 7.15. The van der Waals surface area contributed by atoms with Crippen LogP contribution in [0, 0.1) is 0 Å². The molecule has 3 aliphatic heterocycles. The molecule has 3 unspecified atom stereocenters. The van der Waals surface area contributed by atoms with Crippen LogP contribution in [0.25, 0.3) is 22.3 Å². The van der Waals surface area contributed by atoms with Crippen LogP contribution in [0.5, 0.6) is 0 Å². The van der Waals surface area contributed by atoms with Crippen molar-refractivity contribution in [2.45, 2.75) is 49.1 Å². The topological polar surface area (TPSA) is 272 Å². The number of fused-ring (bicyclic) bond motifs is 5. The largest absolute Gasteiger partial charge is 0.697 e. The van der Waals surface area contributed by atoms with E-state index in [0.717, 1.165) is 0 Å². The molecule has 3 aliphatic rings. The summed E-state index contributed by atoms with van der Waals surface area (Å²) in [5, 5.41) is 22.3. The van der Waals surface area contributed by atoms with Crippen LogP contribution in [-0.4, -0.2) is 104 Å². The first-order valence-corrected chi connectivity index (χ1v) is 16.3. The number of hydrogen-bond donors (Lipinski definition) is 5. The number of rotatable bonds is 2. The molecule has 7 N–H and O–H groups in total. The standard InChI is InChI=1S/C20H22N10O10P2S/c21-15-9-17(25-3-23-15)29(5-27-9)19-12(32)13-8(38-19)2-36-42(34,43)40-14-11(31)7(1-35-41(33)39-13)37-20(14)30-6-28-10-16(22)24-4-26-18(10)30/h3-8,11-14,19-20,31-32H,1-2H2,(H4-,21,22,23,24,25,26,34,43)/p+1/t7-,8-,11-,12-,13-,14-,19-,20?,42?/m1/s1. The highest BCUT2D eigenvalue weighted by Gasteiger charge is 2.54. The summed E-state index contributed by atoms with van der Waals surface area (Å²) >= 11 is 5.26. The molecule has 20 nitrogen and oxygen atoms in total. The number of imidazole rings is 2. The minimum absolute atomic E-state index is 0.109. The Morgan fingerprint density at radius 1 is 0.860 bits per heavy atom. The fourth-order valence-electron chi connectivity index (χ4n) is 5.14. The van der Waals surface area contributed by atoms with E-state index in [4.69, 9.17) is 50.8 Å². The SMILES string of the molecule is Nc1ncnc2c1ncn2C1O[C@@H]2CO[P+](=O)O[C@H]3[C@@H](O)[C@H](n4cnc5c(N)ncnc54)O[C@@H]3COP(O)(=S)O[C@@H]1[C@@H]2O. The minimum atomic E-state index is -4.14. The molecule has 228 valence electrons. The zero-order chi connectivity index (χ0) is 30.0.